The number of benzene rings is 1. The van der Waals surface area contributed by atoms with Gasteiger partial charge in [0, 0.05) is 36.5 Å². The van der Waals surface area contributed by atoms with E-state index in [9.17, 15) is 9.59 Å². The van der Waals surface area contributed by atoms with Gasteiger partial charge < -0.3 is 10.6 Å². The molecule has 2 atom stereocenters. The molecule has 2 heterocycles. The zero-order valence-electron chi connectivity index (χ0n) is 17.9. The first-order valence-corrected chi connectivity index (χ1v) is 11.2. The minimum Gasteiger partial charge on any atom is -0.368 e. The van der Waals surface area contributed by atoms with Crippen LogP contribution in [0, 0.1) is 5.41 Å². The van der Waals surface area contributed by atoms with Gasteiger partial charge in [-0.15, -0.1) is 11.3 Å². The number of nitrogens with zero attached hydrogens (tertiary/aromatic N) is 1. The Hall–Kier alpha value is -2.44. The fraction of sp³-hybridized carbons (Fsp3) is 0.417. The Morgan fingerprint density at radius 3 is 2.37 bits per heavy atom. The van der Waals surface area contributed by atoms with Gasteiger partial charge in [-0.2, -0.15) is 0 Å². The Labute approximate surface area is 183 Å². The molecule has 2 aromatic rings. The van der Waals surface area contributed by atoms with Crippen molar-refractivity contribution in [2.24, 2.45) is 11.1 Å². The van der Waals surface area contributed by atoms with Crippen LogP contribution in [0.25, 0.3) is 0 Å². The number of primary amides is 1. The molecule has 0 saturated heterocycles. The van der Waals surface area contributed by atoms with Crippen LogP contribution in [-0.2, 0) is 29.1 Å². The third-order valence-electron chi connectivity index (χ3n) is 5.20. The summed E-state index contributed by atoms with van der Waals surface area (Å²) in [5.74, 6) is -0.391. The number of fused-ring (bicyclic) bond motifs is 1. The van der Waals surface area contributed by atoms with Crippen LogP contribution in [0.3, 0.4) is 0 Å². The predicted octanol–water partition coefficient (Wildman–Crippen LogP) is 3.64. The fourth-order valence-corrected chi connectivity index (χ4v) is 4.52. The number of nitrogens with two attached hydrogens (primary N) is 1. The molecule has 1 aliphatic heterocycles. The SMILES string of the molecule is CC(C)(C)C[C@@H](/C=C/C(=O)N1Cc2ccccc2C1)N[C@@H](Cc1cccs1)C(N)=O. The second-order valence-electron chi connectivity index (χ2n) is 9.10. The van der Waals surface area contributed by atoms with Crippen molar-refractivity contribution in [2.75, 3.05) is 0 Å². The molecule has 2 amide bonds. The minimum absolute atomic E-state index is 0.0132. The third kappa shape index (κ3) is 6.28. The number of amides is 2. The van der Waals surface area contributed by atoms with Crippen LogP contribution in [0.1, 0.15) is 43.2 Å². The molecule has 1 aromatic carbocycles. The summed E-state index contributed by atoms with van der Waals surface area (Å²) >= 11 is 1.61. The maximum Gasteiger partial charge on any atom is 0.246 e. The lowest BCUT2D eigenvalue weighted by atomic mass is 9.87. The number of rotatable bonds is 8. The van der Waals surface area contributed by atoms with E-state index < -0.39 is 6.04 Å². The molecule has 5 nitrogen and oxygen atoms in total. The number of carbonyl (C=O) groups is 2. The second-order valence-corrected chi connectivity index (χ2v) is 10.1. The number of hydrogen-bond donors (Lipinski definition) is 2. The highest BCUT2D eigenvalue weighted by atomic mass is 32.1. The molecule has 0 radical (unpaired) electrons. The van der Waals surface area contributed by atoms with E-state index in [0.717, 1.165) is 11.3 Å². The Morgan fingerprint density at radius 1 is 1.17 bits per heavy atom. The van der Waals surface area contributed by atoms with Crippen LogP contribution >= 0.6 is 11.3 Å². The molecule has 6 heteroatoms. The van der Waals surface area contributed by atoms with E-state index in [0.29, 0.717) is 19.5 Å². The van der Waals surface area contributed by atoms with E-state index >= 15 is 0 Å². The average Bonchev–Trinajstić information content (AvgIpc) is 3.33. The van der Waals surface area contributed by atoms with Gasteiger partial charge in [-0.1, -0.05) is 57.2 Å². The molecule has 0 saturated carbocycles. The van der Waals surface area contributed by atoms with Crippen molar-refractivity contribution in [3.8, 4) is 0 Å². The molecule has 0 spiro atoms. The molecule has 1 aliphatic rings. The molecule has 1 aromatic heterocycles. The van der Waals surface area contributed by atoms with Crippen molar-refractivity contribution in [3.05, 3.63) is 69.9 Å². The summed E-state index contributed by atoms with van der Waals surface area (Å²) in [6, 6.07) is 11.5. The molecular weight excluding hydrogens is 394 g/mol. The monoisotopic (exact) mass is 425 g/mol. The van der Waals surface area contributed by atoms with Crippen LogP contribution in [0.4, 0.5) is 0 Å². The Morgan fingerprint density at radius 2 is 1.83 bits per heavy atom. The topological polar surface area (TPSA) is 75.4 Å². The van der Waals surface area contributed by atoms with Crippen LogP contribution in [-0.4, -0.2) is 28.8 Å². The van der Waals surface area contributed by atoms with Crippen molar-refractivity contribution in [3.63, 3.8) is 0 Å². The molecule has 0 aliphatic carbocycles. The van der Waals surface area contributed by atoms with E-state index in [-0.39, 0.29) is 23.3 Å². The van der Waals surface area contributed by atoms with Crippen LogP contribution in [0.5, 0.6) is 0 Å². The molecule has 30 heavy (non-hydrogen) atoms. The van der Waals surface area contributed by atoms with Gasteiger partial charge in [-0.25, -0.2) is 0 Å². The van der Waals surface area contributed by atoms with E-state index in [1.54, 1.807) is 17.4 Å². The van der Waals surface area contributed by atoms with E-state index in [4.69, 9.17) is 5.73 Å². The first-order valence-electron chi connectivity index (χ1n) is 10.3. The van der Waals surface area contributed by atoms with Crippen molar-refractivity contribution in [1.82, 2.24) is 10.2 Å². The largest absolute Gasteiger partial charge is 0.368 e. The normalized spacial score (nSPS) is 15.9. The number of nitrogens with one attached hydrogen (secondary N) is 1. The molecular formula is C24H31N3O2S. The Kier molecular flexibility index (Phi) is 7.10. The minimum atomic E-state index is -0.480. The van der Waals surface area contributed by atoms with Crippen LogP contribution in [0.15, 0.2) is 53.9 Å². The summed E-state index contributed by atoms with van der Waals surface area (Å²) in [4.78, 5) is 27.8. The lowest BCUT2D eigenvalue weighted by Crippen LogP contribution is -2.48. The summed E-state index contributed by atoms with van der Waals surface area (Å²) in [5.41, 5.74) is 8.11. The standard InChI is InChI=1S/C24H31N3O2S/c1-24(2,3)14-19(26-21(23(25)29)13-20-9-6-12-30-20)10-11-22(28)27-15-17-7-4-5-8-18(17)16-27/h4-12,19,21,26H,13-16H2,1-3H3,(H2,25,29)/b11-10+/t19-,21+/m1/s1. The lowest BCUT2D eigenvalue weighted by Gasteiger charge is -2.28. The molecule has 160 valence electrons. The maximum atomic E-state index is 12.8. The summed E-state index contributed by atoms with van der Waals surface area (Å²) < 4.78 is 0. The van der Waals surface area contributed by atoms with Crippen molar-refractivity contribution in [2.45, 2.75) is 58.8 Å². The van der Waals surface area contributed by atoms with Gasteiger partial charge in [0.2, 0.25) is 11.8 Å². The Bertz CT molecular complexity index is 874. The Balaban J connectivity index is 1.68. The first-order chi connectivity index (χ1) is 14.2. The molecule has 0 unspecified atom stereocenters. The number of carbonyl (C=O) groups excluding carboxylic acids is 2. The average molecular weight is 426 g/mol. The maximum absolute atomic E-state index is 12.8. The number of hydrogen-bond acceptors (Lipinski definition) is 4. The van der Waals surface area contributed by atoms with E-state index in [1.807, 2.05) is 40.6 Å². The number of thiophene rings is 1. The van der Waals surface area contributed by atoms with Gasteiger partial charge in [0.05, 0.1) is 6.04 Å². The zero-order chi connectivity index (χ0) is 21.7. The first kappa shape index (κ1) is 22.2. The lowest BCUT2D eigenvalue weighted by molar-refractivity contribution is -0.126. The van der Waals surface area contributed by atoms with Gasteiger partial charge in [0.15, 0.2) is 0 Å². The smallest absolute Gasteiger partial charge is 0.246 e. The summed E-state index contributed by atoms with van der Waals surface area (Å²) in [5, 5.41) is 5.38. The van der Waals surface area contributed by atoms with Crippen molar-refractivity contribution >= 4 is 23.2 Å². The van der Waals surface area contributed by atoms with E-state index in [2.05, 4.69) is 38.2 Å². The van der Waals surface area contributed by atoms with Gasteiger partial charge in [-0.05, 0) is 34.4 Å². The van der Waals surface area contributed by atoms with Gasteiger partial charge in [0.25, 0.3) is 0 Å². The molecule has 0 bridgehead atoms. The quantitative estimate of drug-likeness (QED) is 0.634. The van der Waals surface area contributed by atoms with Crippen molar-refractivity contribution < 1.29 is 9.59 Å². The van der Waals surface area contributed by atoms with Gasteiger partial charge in [0.1, 0.15) is 0 Å². The highest BCUT2D eigenvalue weighted by molar-refractivity contribution is 7.09. The summed E-state index contributed by atoms with van der Waals surface area (Å²) in [6.45, 7) is 7.71. The molecule has 3 rings (SSSR count). The van der Waals surface area contributed by atoms with Gasteiger partial charge in [-0.3, -0.25) is 14.9 Å². The fourth-order valence-electron chi connectivity index (χ4n) is 3.77. The van der Waals surface area contributed by atoms with E-state index in [1.165, 1.54) is 11.1 Å². The highest BCUT2D eigenvalue weighted by Crippen LogP contribution is 2.24. The van der Waals surface area contributed by atoms with Gasteiger partial charge >= 0.3 is 0 Å². The van der Waals surface area contributed by atoms with Crippen molar-refractivity contribution in [1.29, 1.82) is 0 Å². The highest BCUT2D eigenvalue weighted by Gasteiger charge is 2.25. The van der Waals surface area contributed by atoms with Crippen LogP contribution in [0.2, 0.25) is 0 Å². The summed E-state index contributed by atoms with van der Waals surface area (Å²) in [7, 11) is 0. The molecule has 3 N–H and O–H groups in total. The predicted molar refractivity (Wildman–Crippen MR) is 122 cm³/mol. The van der Waals surface area contributed by atoms with Crippen LogP contribution < -0.4 is 11.1 Å². The molecule has 0 fully saturated rings. The summed E-state index contributed by atoms with van der Waals surface area (Å²) in [6.07, 6.45) is 4.86. The third-order valence-corrected chi connectivity index (χ3v) is 6.10. The zero-order valence-corrected chi connectivity index (χ0v) is 18.7. The second kappa shape index (κ2) is 9.58.